The smallest absolute Gasteiger partial charge is 0.140 e. The molecule has 1 N–H and O–H groups in total. The average Bonchev–Trinajstić information content (AvgIpc) is 2.85. The van der Waals surface area contributed by atoms with Crippen LogP contribution in [0.4, 0.5) is 0 Å². The van der Waals surface area contributed by atoms with Crippen molar-refractivity contribution in [2.24, 2.45) is 0 Å². The number of hydrogen-bond acceptors (Lipinski definition) is 4. The molecule has 0 saturated carbocycles. The van der Waals surface area contributed by atoms with E-state index >= 15 is 0 Å². The van der Waals surface area contributed by atoms with Gasteiger partial charge in [0.2, 0.25) is 0 Å². The lowest BCUT2D eigenvalue weighted by Crippen LogP contribution is -2.16. The molecule has 1 saturated heterocycles. The molecule has 0 aromatic carbocycles. The number of aromatic nitrogens is 3. The molecule has 0 amide bonds. The van der Waals surface area contributed by atoms with Crippen molar-refractivity contribution >= 4 is 0 Å². The summed E-state index contributed by atoms with van der Waals surface area (Å²) in [5.74, 6) is 0.996. The fourth-order valence-electron chi connectivity index (χ4n) is 1.91. The highest BCUT2D eigenvalue weighted by molar-refractivity contribution is 4.83. The Labute approximate surface area is 89.8 Å². The zero-order valence-corrected chi connectivity index (χ0v) is 9.15. The third-order valence-electron chi connectivity index (χ3n) is 2.72. The van der Waals surface area contributed by atoms with E-state index in [2.05, 4.69) is 15.4 Å². The van der Waals surface area contributed by atoms with E-state index in [4.69, 9.17) is 4.74 Å². The summed E-state index contributed by atoms with van der Waals surface area (Å²) in [6.07, 6.45) is 5.47. The summed E-state index contributed by atoms with van der Waals surface area (Å²) in [6.45, 7) is 2.60. The highest BCUT2D eigenvalue weighted by Crippen LogP contribution is 2.15. The Kier molecular flexibility index (Phi) is 3.69. The van der Waals surface area contributed by atoms with Crippen LogP contribution in [0.5, 0.6) is 0 Å². The molecule has 1 aromatic heterocycles. The van der Waals surface area contributed by atoms with Gasteiger partial charge in [0, 0.05) is 13.2 Å². The van der Waals surface area contributed by atoms with Gasteiger partial charge in [0.25, 0.3) is 0 Å². The molecule has 1 atom stereocenters. The Morgan fingerprint density at radius 1 is 1.67 bits per heavy atom. The van der Waals surface area contributed by atoms with Crippen molar-refractivity contribution in [3.8, 4) is 0 Å². The molecule has 0 bridgehead atoms. The normalized spacial score (nSPS) is 21.0. The number of nitrogens with one attached hydrogen (secondary N) is 1. The van der Waals surface area contributed by atoms with Gasteiger partial charge in [0.05, 0.1) is 12.6 Å². The minimum absolute atomic E-state index is 0.427. The molecule has 84 valence electrons. The molecule has 5 heteroatoms. The molecular weight excluding hydrogens is 192 g/mol. The van der Waals surface area contributed by atoms with Crippen LogP contribution in [0, 0.1) is 0 Å². The van der Waals surface area contributed by atoms with Crippen molar-refractivity contribution in [2.45, 2.75) is 38.5 Å². The second-order valence-electron chi connectivity index (χ2n) is 3.85. The number of hydrogen-bond donors (Lipinski definition) is 1. The monoisotopic (exact) mass is 210 g/mol. The first-order valence-electron chi connectivity index (χ1n) is 5.53. The molecule has 15 heavy (non-hydrogen) atoms. The number of aryl methyl sites for hydroxylation is 1. The van der Waals surface area contributed by atoms with Gasteiger partial charge in [-0.25, -0.2) is 9.67 Å². The van der Waals surface area contributed by atoms with Gasteiger partial charge in [0.15, 0.2) is 0 Å². The first-order valence-corrected chi connectivity index (χ1v) is 5.53. The molecule has 1 aliphatic heterocycles. The van der Waals surface area contributed by atoms with E-state index in [1.165, 1.54) is 12.8 Å². The maximum absolute atomic E-state index is 5.57. The van der Waals surface area contributed by atoms with Gasteiger partial charge in [-0.15, -0.1) is 0 Å². The first-order chi connectivity index (χ1) is 7.40. The number of nitrogens with zero attached hydrogens (tertiary/aromatic N) is 3. The van der Waals surface area contributed by atoms with Crippen molar-refractivity contribution in [1.82, 2.24) is 20.1 Å². The third-order valence-corrected chi connectivity index (χ3v) is 2.72. The molecule has 2 rings (SSSR count). The predicted octanol–water partition coefficient (Wildman–Crippen LogP) is 0.567. The first kappa shape index (κ1) is 10.6. The zero-order chi connectivity index (χ0) is 10.5. The standard InChI is InChI=1S/C10H18N4O/c1-11-7-10-12-8-13-14(10)5-4-9-3-2-6-15-9/h8-9,11H,2-7H2,1H3. The minimum Gasteiger partial charge on any atom is -0.378 e. The Bertz CT molecular complexity index is 293. The molecule has 0 radical (unpaired) electrons. The van der Waals surface area contributed by atoms with Crippen LogP contribution < -0.4 is 5.32 Å². The Hall–Kier alpha value is -0.940. The predicted molar refractivity (Wildman–Crippen MR) is 56.4 cm³/mol. The molecule has 0 aliphatic carbocycles. The third kappa shape index (κ3) is 2.76. The fraction of sp³-hybridized carbons (Fsp3) is 0.800. The Morgan fingerprint density at radius 2 is 2.60 bits per heavy atom. The van der Waals surface area contributed by atoms with Gasteiger partial charge in [-0.3, -0.25) is 0 Å². The number of ether oxygens (including phenoxy) is 1. The van der Waals surface area contributed by atoms with Crippen molar-refractivity contribution in [3.63, 3.8) is 0 Å². The summed E-state index contributed by atoms with van der Waals surface area (Å²) in [4.78, 5) is 4.20. The quantitative estimate of drug-likeness (QED) is 0.772. The van der Waals surface area contributed by atoms with Gasteiger partial charge in [0.1, 0.15) is 12.2 Å². The molecule has 2 heterocycles. The fourth-order valence-corrected chi connectivity index (χ4v) is 1.91. The summed E-state index contributed by atoms with van der Waals surface area (Å²) in [5.41, 5.74) is 0. The van der Waals surface area contributed by atoms with Crippen LogP contribution in [0.2, 0.25) is 0 Å². The Balaban J connectivity index is 1.83. The molecule has 1 aromatic rings. The maximum atomic E-state index is 5.57. The summed E-state index contributed by atoms with van der Waals surface area (Å²) < 4.78 is 7.53. The van der Waals surface area contributed by atoms with Crippen LogP contribution in [0.3, 0.4) is 0 Å². The largest absolute Gasteiger partial charge is 0.378 e. The van der Waals surface area contributed by atoms with E-state index in [1.54, 1.807) is 6.33 Å². The maximum Gasteiger partial charge on any atom is 0.140 e. The summed E-state index contributed by atoms with van der Waals surface area (Å²) >= 11 is 0. The van der Waals surface area contributed by atoms with E-state index in [-0.39, 0.29) is 0 Å². The highest BCUT2D eigenvalue weighted by Gasteiger charge is 2.15. The van der Waals surface area contributed by atoms with E-state index in [9.17, 15) is 0 Å². The topological polar surface area (TPSA) is 52.0 Å². The van der Waals surface area contributed by atoms with Crippen molar-refractivity contribution in [2.75, 3.05) is 13.7 Å². The molecule has 5 nitrogen and oxygen atoms in total. The zero-order valence-electron chi connectivity index (χ0n) is 9.15. The van der Waals surface area contributed by atoms with Gasteiger partial charge >= 0.3 is 0 Å². The lowest BCUT2D eigenvalue weighted by atomic mass is 10.2. The number of rotatable bonds is 5. The van der Waals surface area contributed by atoms with Gasteiger partial charge < -0.3 is 10.1 Å². The minimum atomic E-state index is 0.427. The van der Waals surface area contributed by atoms with Crippen LogP contribution in [0.1, 0.15) is 25.1 Å². The van der Waals surface area contributed by atoms with E-state index in [0.717, 1.165) is 31.9 Å². The molecular formula is C10H18N4O. The van der Waals surface area contributed by atoms with Gasteiger partial charge in [-0.05, 0) is 26.3 Å². The molecule has 1 fully saturated rings. The van der Waals surface area contributed by atoms with Gasteiger partial charge in [-0.1, -0.05) is 0 Å². The lowest BCUT2D eigenvalue weighted by molar-refractivity contribution is 0.0991. The second kappa shape index (κ2) is 5.23. The SMILES string of the molecule is CNCc1ncnn1CCC1CCCO1. The second-order valence-corrected chi connectivity index (χ2v) is 3.85. The van der Waals surface area contributed by atoms with Crippen LogP contribution in [-0.2, 0) is 17.8 Å². The van der Waals surface area contributed by atoms with Crippen LogP contribution in [0.25, 0.3) is 0 Å². The van der Waals surface area contributed by atoms with Crippen molar-refractivity contribution < 1.29 is 4.74 Å². The van der Waals surface area contributed by atoms with Crippen molar-refractivity contribution in [1.29, 1.82) is 0 Å². The molecule has 0 spiro atoms. The average molecular weight is 210 g/mol. The van der Waals surface area contributed by atoms with E-state index < -0.39 is 0 Å². The van der Waals surface area contributed by atoms with E-state index in [1.807, 2.05) is 11.7 Å². The van der Waals surface area contributed by atoms with Gasteiger partial charge in [-0.2, -0.15) is 5.10 Å². The van der Waals surface area contributed by atoms with Crippen LogP contribution in [0.15, 0.2) is 6.33 Å². The Morgan fingerprint density at radius 3 is 3.33 bits per heavy atom. The summed E-state index contributed by atoms with van der Waals surface area (Å²) in [5, 5.41) is 7.29. The van der Waals surface area contributed by atoms with Crippen molar-refractivity contribution in [3.05, 3.63) is 12.2 Å². The summed E-state index contributed by atoms with van der Waals surface area (Å²) in [7, 11) is 1.92. The van der Waals surface area contributed by atoms with Crippen LogP contribution >= 0.6 is 0 Å². The van der Waals surface area contributed by atoms with Crippen LogP contribution in [-0.4, -0.2) is 34.5 Å². The lowest BCUT2D eigenvalue weighted by Gasteiger charge is -2.10. The highest BCUT2D eigenvalue weighted by atomic mass is 16.5. The molecule has 1 aliphatic rings. The summed E-state index contributed by atoms with van der Waals surface area (Å²) in [6, 6.07) is 0. The molecule has 1 unspecified atom stereocenters. The van der Waals surface area contributed by atoms with E-state index in [0.29, 0.717) is 6.10 Å².